The molecule has 0 spiro atoms. The van der Waals surface area contributed by atoms with E-state index in [9.17, 15) is 22.8 Å². The summed E-state index contributed by atoms with van der Waals surface area (Å²) in [7, 11) is 0. The van der Waals surface area contributed by atoms with E-state index in [1.54, 1.807) is 41.3 Å². The maximum absolute atomic E-state index is 13.9. The van der Waals surface area contributed by atoms with E-state index in [0.717, 1.165) is 17.3 Å². The number of rotatable bonds is 6. The number of aromatic nitrogens is 5. The molecule has 0 bridgehead atoms. The fourth-order valence-electron chi connectivity index (χ4n) is 5.40. The van der Waals surface area contributed by atoms with Crippen LogP contribution in [0.15, 0.2) is 66.0 Å². The second-order valence-electron chi connectivity index (χ2n) is 10.1. The van der Waals surface area contributed by atoms with Crippen LogP contribution in [0.25, 0.3) is 0 Å². The van der Waals surface area contributed by atoms with E-state index < -0.39 is 23.3 Å². The topological polar surface area (TPSA) is 144 Å². The van der Waals surface area contributed by atoms with Gasteiger partial charge in [0, 0.05) is 38.9 Å². The molecular formula is C29H24F3N9O3. The normalized spacial score (nSPS) is 16.4. The summed E-state index contributed by atoms with van der Waals surface area (Å²) < 4.78 is 47.6. The number of piperazine rings is 1. The van der Waals surface area contributed by atoms with Gasteiger partial charge in [0.25, 0.3) is 11.5 Å². The predicted molar refractivity (Wildman–Crippen MR) is 150 cm³/mol. The van der Waals surface area contributed by atoms with Crippen molar-refractivity contribution in [1.82, 2.24) is 30.0 Å². The van der Waals surface area contributed by atoms with Gasteiger partial charge in [-0.1, -0.05) is 24.3 Å². The van der Waals surface area contributed by atoms with Crippen LogP contribution in [0.5, 0.6) is 5.88 Å². The van der Waals surface area contributed by atoms with Crippen molar-refractivity contribution < 1.29 is 22.7 Å². The molecular weight excluding hydrogens is 579 g/mol. The number of ether oxygens (including phenoxy) is 1. The lowest BCUT2D eigenvalue weighted by molar-refractivity contribution is -0.138. The number of hydrogen-bond donors (Lipinski definition) is 1. The highest BCUT2D eigenvalue weighted by Crippen LogP contribution is 2.42. The number of nitriles is 1. The van der Waals surface area contributed by atoms with E-state index in [4.69, 9.17) is 10.00 Å². The number of anilines is 2. The number of H-pyrrole nitrogens is 1. The third-order valence-electron chi connectivity index (χ3n) is 7.55. The molecule has 2 aliphatic heterocycles. The van der Waals surface area contributed by atoms with Crippen LogP contribution in [0.3, 0.4) is 0 Å². The zero-order valence-electron chi connectivity index (χ0n) is 23.0. The first-order valence-corrected chi connectivity index (χ1v) is 13.6. The third kappa shape index (κ3) is 5.61. The molecule has 44 heavy (non-hydrogen) atoms. The fraction of sp³-hybridized carbons (Fsp3) is 0.276. The summed E-state index contributed by atoms with van der Waals surface area (Å²) in [5.41, 5.74) is -1.00. The van der Waals surface area contributed by atoms with Crippen LogP contribution in [0.4, 0.5) is 24.7 Å². The minimum atomic E-state index is -4.91. The lowest BCUT2D eigenvalue weighted by Gasteiger charge is -2.35. The molecule has 6 rings (SSSR count). The average molecular weight is 604 g/mol. The molecule has 5 heterocycles. The van der Waals surface area contributed by atoms with Crippen molar-refractivity contribution in [3.63, 3.8) is 0 Å². The number of aromatic amines is 1. The summed E-state index contributed by atoms with van der Waals surface area (Å²) in [6, 6.07) is 11.9. The number of fused-ring (bicyclic) bond motifs is 1. The van der Waals surface area contributed by atoms with E-state index in [0.29, 0.717) is 37.6 Å². The summed E-state index contributed by atoms with van der Waals surface area (Å²) in [5.74, 6) is 0.403. The Balaban J connectivity index is 1.16. The van der Waals surface area contributed by atoms with Gasteiger partial charge in [0.1, 0.15) is 24.1 Å². The van der Waals surface area contributed by atoms with Gasteiger partial charge >= 0.3 is 6.18 Å². The number of benzene rings is 1. The maximum Gasteiger partial charge on any atom is 0.423 e. The Kier molecular flexibility index (Phi) is 7.56. The minimum absolute atomic E-state index is 0.0284. The zero-order chi connectivity index (χ0) is 30.8. The van der Waals surface area contributed by atoms with Gasteiger partial charge in [-0.15, -0.1) is 0 Å². The molecule has 0 aliphatic carbocycles. The number of pyridine rings is 1. The van der Waals surface area contributed by atoms with E-state index >= 15 is 0 Å². The largest absolute Gasteiger partial charge is 0.474 e. The molecule has 1 aromatic carbocycles. The Morgan fingerprint density at radius 1 is 1.07 bits per heavy atom. The first kappa shape index (κ1) is 28.6. The molecule has 1 N–H and O–H groups in total. The van der Waals surface area contributed by atoms with Gasteiger partial charge in [-0.2, -0.15) is 23.5 Å². The molecule has 1 fully saturated rings. The van der Waals surface area contributed by atoms with E-state index in [1.807, 2.05) is 16.1 Å². The molecule has 4 aromatic rings. The van der Waals surface area contributed by atoms with Gasteiger partial charge < -0.3 is 19.4 Å². The number of nitrogens with zero attached hydrogens (tertiary/aromatic N) is 8. The highest BCUT2D eigenvalue weighted by atomic mass is 19.4. The number of alkyl halides is 3. The van der Waals surface area contributed by atoms with Crippen LogP contribution < -0.4 is 20.1 Å². The first-order valence-electron chi connectivity index (χ1n) is 13.6. The smallest absolute Gasteiger partial charge is 0.423 e. The molecule has 0 radical (unpaired) electrons. The molecule has 3 aromatic heterocycles. The zero-order valence-corrected chi connectivity index (χ0v) is 23.0. The Bertz CT molecular complexity index is 1780. The number of hydrogen-bond acceptors (Lipinski definition) is 10. The standard InChI is InChI=1S/C29H24F3N9O3/c30-29(31,32)26-22(14-36-38-27(26)42)41-16-19-3-1-2-4-20(19)23(41)17-44-25-15-34-13-21(37-25)28(43)40-9-7-39(8-10-40)24-6-5-18(11-33)12-35-24/h1-6,12-15,23H,7-10,16-17H2,(H,38,42)/t23-/m1/s1. The van der Waals surface area contributed by atoms with Crippen molar-refractivity contribution in [3.05, 3.63) is 99.5 Å². The van der Waals surface area contributed by atoms with Crippen molar-refractivity contribution in [2.75, 3.05) is 42.6 Å². The van der Waals surface area contributed by atoms with Gasteiger partial charge in [0.2, 0.25) is 5.88 Å². The molecule has 1 amide bonds. The van der Waals surface area contributed by atoms with E-state index in [-0.39, 0.29) is 36.3 Å². The Hall–Kier alpha value is -5.52. The second kappa shape index (κ2) is 11.6. The first-order chi connectivity index (χ1) is 21.2. The minimum Gasteiger partial charge on any atom is -0.474 e. The molecule has 15 heteroatoms. The molecule has 224 valence electrons. The summed E-state index contributed by atoms with van der Waals surface area (Å²) in [5, 5.41) is 14.5. The van der Waals surface area contributed by atoms with E-state index in [2.05, 4.69) is 20.1 Å². The summed E-state index contributed by atoms with van der Waals surface area (Å²) in [6.45, 7) is 1.85. The van der Waals surface area contributed by atoms with Gasteiger partial charge in [0.05, 0.1) is 35.9 Å². The van der Waals surface area contributed by atoms with Gasteiger partial charge in [-0.25, -0.2) is 15.1 Å². The lowest BCUT2D eigenvalue weighted by Crippen LogP contribution is -2.49. The average Bonchev–Trinajstić information content (AvgIpc) is 3.41. The van der Waals surface area contributed by atoms with Gasteiger partial charge in [-0.05, 0) is 23.3 Å². The van der Waals surface area contributed by atoms with Crippen LogP contribution in [-0.4, -0.2) is 68.7 Å². The van der Waals surface area contributed by atoms with Crippen LogP contribution in [0.1, 0.15) is 38.8 Å². The Morgan fingerprint density at radius 2 is 1.86 bits per heavy atom. The van der Waals surface area contributed by atoms with Gasteiger partial charge in [0.15, 0.2) is 5.69 Å². The number of carbonyl (C=O) groups excluding carboxylic acids is 1. The van der Waals surface area contributed by atoms with Crippen molar-refractivity contribution >= 4 is 17.4 Å². The molecule has 0 saturated carbocycles. The second-order valence-corrected chi connectivity index (χ2v) is 10.1. The molecule has 12 nitrogen and oxygen atoms in total. The number of nitrogens with one attached hydrogen (secondary N) is 1. The summed E-state index contributed by atoms with van der Waals surface area (Å²) in [4.78, 5) is 43.3. The fourth-order valence-corrected chi connectivity index (χ4v) is 5.40. The molecule has 2 aliphatic rings. The van der Waals surface area contributed by atoms with Crippen molar-refractivity contribution in [3.8, 4) is 11.9 Å². The summed E-state index contributed by atoms with van der Waals surface area (Å²) >= 11 is 0. The highest BCUT2D eigenvalue weighted by molar-refractivity contribution is 5.92. The SMILES string of the molecule is N#Cc1ccc(N2CCN(C(=O)c3cncc(OC[C@@H]4c5ccccc5CN4c4cn[nH]c(=O)c4C(F)(F)F)n3)CC2)nc1. The molecule has 1 atom stereocenters. The number of halogens is 3. The number of carbonyl (C=O) groups is 1. The number of amides is 1. The van der Waals surface area contributed by atoms with Crippen LogP contribution in [-0.2, 0) is 12.7 Å². The van der Waals surface area contributed by atoms with Crippen molar-refractivity contribution in [1.29, 1.82) is 5.26 Å². The van der Waals surface area contributed by atoms with Crippen LogP contribution >= 0.6 is 0 Å². The molecule has 1 saturated heterocycles. The summed E-state index contributed by atoms with van der Waals surface area (Å²) in [6.07, 6.45) is 0.240. The maximum atomic E-state index is 13.9. The van der Waals surface area contributed by atoms with Crippen molar-refractivity contribution in [2.24, 2.45) is 0 Å². The highest BCUT2D eigenvalue weighted by Gasteiger charge is 2.42. The third-order valence-corrected chi connectivity index (χ3v) is 7.55. The van der Waals surface area contributed by atoms with Crippen molar-refractivity contribution in [2.45, 2.75) is 18.8 Å². The van der Waals surface area contributed by atoms with Crippen LogP contribution in [0.2, 0.25) is 0 Å². The Labute approximate surface area is 248 Å². The molecule has 0 unspecified atom stereocenters. The lowest BCUT2D eigenvalue weighted by atomic mass is 10.1. The van der Waals surface area contributed by atoms with Gasteiger partial charge in [-0.3, -0.25) is 14.6 Å². The Morgan fingerprint density at radius 3 is 2.59 bits per heavy atom. The van der Waals surface area contributed by atoms with E-state index in [1.165, 1.54) is 23.5 Å². The quantitative estimate of drug-likeness (QED) is 0.349. The monoisotopic (exact) mass is 603 g/mol. The predicted octanol–water partition coefficient (Wildman–Crippen LogP) is 2.95. The van der Waals surface area contributed by atoms with Crippen LogP contribution in [0, 0.1) is 11.3 Å².